The van der Waals surface area contributed by atoms with E-state index in [0.717, 1.165) is 17.9 Å². The molecule has 0 radical (unpaired) electrons. The van der Waals surface area contributed by atoms with Crippen molar-refractivity contribution in [2.75, 3.05) is 19.1 Å². The third-order valence-corrected chi connectivity index (χ3v) is 7.18. The van der Waals surface area contributed by atoms with Crippen LogP contribution in [0, 0.1) is 0 Å². The van der Waals surface area contributed by atoms with Crippen LogP contribution in [0.3, 0.4) is 0 Å². The normalized spacial score (nSPS) is 13.9. The average Bonchev–Trinajstić information content (AvgIpc) is 2.29. The summed E-state index contributed by atoms with van der Waals surface area (Å²) in [6.45, 7) is 13.4. The Morgan fingerprint density at radius 2 is 1.59 bits per heavy atom. The van der Waals surface area contributed by atoms with Gasteiger partial charge in [0.25, 0.3) is 0 Å². The molecule has 1 aromatic rings. The quantitative estimate of drug-likeness (QED) is 0.864. The van der Waals surface area contributed by atoms with Crippen LogP contribution in [0.4, 0.5) is 0 Å². The van der Waals surface area contributed by atoms with E-state index in [2.05, 4.69) is 45.4 Å². The molecule has 3 nitrogen and oxygen atoms in total. The molecule has 0 amide bonds. The molecule has 0 saturated heterocycles. The van der Waals surface area contributed by atoms with E-state index in [9.17, 15) is 0 Å². The highest BCUT2D eigenvalue weighted by Crippen LogP contribution is 2.55. The minimum absolute atomic E-state index is 0.0931. The lowest BCUT2D eigenvalue weighted by Crippen LogP contribution is -2.28. The summed E-state index contributed by atoms with van der Waals surface area (Å²) < 4.78 is 12.6. The molecule has 2 N–H and O–H groups in total. The van der Waals surface area contributed by atoms with Crippen molar-refractivity contribution in [3.8, 4) is 11.5 Å². The molecule has 1 rings (SSSR count). The zero-order chi connectivity index (χ0) is 17.2. The molecular weight excluding hydrogens is 294 g/mol. The second-order valence-corrected chi connectivity index (χ2v) is 11.8. The van der Waals surface area contributed by atoms with E-state index in [1.165, 1.54) is 5.56 Å². The summed E-state index contributed by atoms with van der Waals surface area (Å²) in [4.78, 5) is 0. The van der Waals surface area contributed by atoms with Crippen molar-refractivity contribution >= 4 is 10.3 Å². The van der Waals surface area contributed by atoms with Gasteiger partial charge in [0, 0.05) is 4.75 Å². The van der Waals surface area contributed by atoms with Crippen molar-refractivity contribution < 1.29 is 8.92 Å². The molecule has 0 aliphatic carbocycles. The predicted molar refractivity (Wildman–Crippen MR) is 99.4 cm³/mol. The van der Waals surface area contributed by atoms with Gasteiger partial charge in [0.15, 0.2) is 11.5 Å². The van der Waals surface area contributed by atoms with Gasteiger partial charge in [-0.1, -0.05) is 16.4 Å². The number of nitrogens with two attached hydrogens (primary N) is 1. The highest BCUT2D eigenvalue weighted by atomic mass is 32.3. The van der Waals surface area contributed by atoms with Crippen molar-refractivity contribution in [3.05, 3.63) is 23.8 Å². The monoisotopic (exact) mass is 327 g/mol. The minimum Gasteiger partial charge on any atom is -0.484 e. The average molecular weight is 328 g/mol. The van der Waals surface area contributed by atoms with E-state index in [4.69, 9.17) is 14.7 Å². The molecule has 0 aliphatic heterocycles. The first-order valence-corrected chi connectivity index (χ1v) is 10.2. The molecule has 128 valence electrons. The molecule has 0 fully saturated rings. The molecular formula is C18H33NO2S. The highest BCUT2D eigenvalue weighted by Gasteiger charge is 2.31. The zero-order valence-corrected chi connectivity index (χ0v) is 16.3. The lowest BCUT2D eigenvalue weighted by Gasteiger charge is -2.44. The van der Waals surface area contributed by atoms with Gasteiger partial charge in [-0.25, -0.2) is 0 Å². The van der Waals surface area contributed by atoms with Crippen LogP contribution in [-0.4, -0.2) is 29.4 Å². The molecule has 0 heterocycles. The summed E-state index contributed by atoms with van der Waals surface area (Å²) in [5.74, 6) is 1.63. The first-order valence-electron chi connectivity index (χ1n) is 7.80. The fraction of sp³-hybridized carbons (Fsp3) is 0.667. The maximum absolute atomic E-state index is 6.45. The lowest BCUT2D eigenvalue weighted by molar-refractivity contribution is 0.128. The molecule has 0 saturated carbocycles. The Morgan fingerprint density at radius 3 is 2.05 bits per heavy atom. The van der Waals surface area contributed by atoms with Gasteiger partial charge < -0.3 is 14.7 Å². The van der Waals surface area contributed by atoms with Crippen LogP contribution in [0.15, 0.2) is 18.2 Å². The smallest absolute Gasteiger partial charge is 0.176 e. The van der Waals surface area contributed by atoms with Gasteiger partial charge in [-0.3, -0.25) is 0 Å². The fourth-order valence-electron chi connectivity index (χ4n) is 1.70. The number of benzene rings is 1. The lowest BCUT2D eigenvalue weighted by atomic mass is 10.1. The molecule has 4 heteroatoms. The molecule has 0 unspecified atom stereocenters. The van der Waals surface area contributed by atoms with Crippen LogP contribution < -0.4 is 14.7 Å². The number of ether oxygens (including phenoxy) is 1. The Hall–Kier alpha value is -0.870. The van der Waals surface area contributed by atoms with Crippen LogP contribution in [0.1, 0.15) is 47.1 Å². The molecule has 22 heavy (non-hydrogen) atoms. The van der Waals surface area contributed by atoms with Crippen LogP contribution in [0.5, 0.6) is 11.5 Å². The van der Waals surface area contributed by atoms with E-state index in [1.807, 2.05) is 26.8 Å². The van der Waals surface area contributed by atoms with Crippen LogP contribution in [-0.2, 0) is 6.42 Å². The Balaban J connectivity index is 3.19. The van der Waals surface area contributed by atoms with Crippen molar-refractivity contribution in [2.24, 2.45) is 5.73 Å². The van der Waals surface area contributed by atoms with Crippen molar-refractivity contribution in [1.82, 2.24) is 0 Å². The number of rotatable bonds is 5. The van der Waals surface area contributed by atoms with Gasteiger partial charge in [0.05, 0.1) is 0 Å². The molecule has 0 spiro atoms. The van der Waals surface area contributed by atoms with Crippen LogP contribution >= 0.6 is 10.3 Å². The van der Waals surface area contributed by atoms with Gasteiger partial charge in [0.2, 0.25) is 0 Å². The Bertz CT molecular complexity index is 499. The van der Waals surface area contributed by atoms with Crippen LogP contribution in [0.25, 0.3) is 0 Å². The van der Waals surface area contributed by atoms with Gasteiger partial charge in [0.1, 0.15) is 5.60 Å². The first-order chi connectivity index (χ1) is 9.86. The fourth-order valence-corrected chi connectivity index (χ4v) is 2.53. The van der Waals surface area contributed by atoms with E-state index >= 15 is 0 Å². The summed E-state index contributed by atoms with van der Waals surface area (Å²) in [6.07, 6.45) is 5.24. The zero-order valence-electron chi connectivity index (χ0n) is 15.4. The number of hydrogen-bond acceptors (Lipinski definition) is 3. The van der Waals surface area contributed by atoms with Crippen molar-refractivity contribution in [1.29, 1.82) is 0 Å². The van der Waals surface area contributed by atoms with Gasteiger partial charge in [-0.15, -0.1) is 0 Å². The summed E-state index contributed by atoms with van der Waals surface area (Å²) in [5.41, 5.74) is 6.61. The predicted octanol–water partition coefficient (Wildman–Crippen LogP) is 4.52. The van der Waals surface area contributed by atoms with E-state index in [-0.39, 0.29) is 10.3 Å². The van der Waals surface area contributed by atoms with E-state index < -0.39 is 10.3 Å². The number of hydrogen-bond donors (Lipinski definition) is 1. The minimum atomic E-state index is -1.27. The summed E-state index contributed by atoms with van der Waals surface area (Å²) in [6, 6.07) is 6.15. The standard InChI is InChI=1S/C18H33NO2S/c1-17(2,3)20-15-10-9-14(11-12-19)13-16(15)21-22(7,8)18(4,5)6/h9-10,13H,11-12,19H2,1-8H3. The van der Waals surface area contributed by atoms with Crippen molar-refractivity contribution in [3.63, 3.8) is 0 Å². The summed E-state index contributed by atoms with van der Waals surface area (Å²) in [7, 11) is -1.27. The Kier molecular flexibility index (Phi) is 5.85. The van der Waals surface area contributed by atoms with Gasteiger partial charge in [-0.05, 0) is 84.7 Å². The molecule has 1 aromatic carbocycles. The largest absolute Gasteiger partial charge is 0.484 e. The highest BCUT2D eigenvalue weighted by molar-refractivity contribution is 8.30. The van der Waals surface area contributed by atoms with E-state index in [1.54, 1.807) is 0 Å². The third-order valence-electron chi connectivity index (χ3n) is 3.63. The van der Waals surface area contributed by atoms with Gasteiger partial charge >= 0.3 is 0 Å². The molecule has 0 bridgehead atoms. The third kappa shape index (κ3) is 5.40. The second kappa shape index (κ2) is 6.71. The maximum Gasteiger partial charge on any atom is 0.176 e. The second-order valence-electron chi connectivity index (χ2n) is 7.96. The first kappa shape index (κ1) is 19.2. The summed E-state index contributed by atoms with van der Waals surface area (Å²) >= 11 is 0. The Labute approximate surface area is 138 Å². The topological polar surface area (TPSA) is 44.5 Å². The van der Waals surface area contributed by atoms with Crippen molar-refractivity contribution in [2.45, 2.75) is 58.3 Å². The maximum atomic E-state index is 6.45. The van der Waals surface area contributed by atoms with Gasteiger partial charge in [-0.2, -0.15) is 0 Å². The summed E-state index contributed by atoms with van der Waals surface area (Å²) in [5, 5.41) is 0. The SMILES string of the molecule is CC(C)(C)Oc1ccc(CCN)cc1OS(C)(C)C(C)(C)C. The molecule has 0 aromatic heterocycles. The van der Waals surface area contributed by atoms with Crippen LogP contribution in [0.2, 0.25) is 0 Å². The molecule has 0 aliphatic rings. The molecule has 0 atom stereocenters. The Morgan fingerprint density at radius 1 is 1.00 bits per heavy atom. The van der Waals surface area contributed by atoms with E-state index in [0.29, 0.717) is 6.54 Å².